The SMILES string of the molecule is Nc1ccccc1C#Cc1ccc2c(c1)-c1ccccc1C2. The Hall–Kier alpha value is -2.98. The van der Waals surface area contributed by atoms with Gasteiger partial charge in [0.25, 0.3) is 0 Å². The highest BCUT2D eigenvalue weighted by atomic mass is 14.5. The first-order valence-corrected chi connectivity index (χ1v) is 7.39. The molecule has 1 aliphatic carbocycles. The second-order valence-electron chi connectivity index (χ2n) is 5.54. The average Bonchev–Trinajstić information content (AvgIpc) is 2.92. The third-order valence-electron chi connectivity index (χ3n) is 4.10. The van der Waals surface area contributed by atoms with E-state index in [9.17, 15) is 0 Å². The van der Waals surface area contributed by atoms with Crippen molar-refractivity contribution in [2.45, 2.75) is 6.42 Å². The molecule has 1 nitrogen and oxygen atoms in total. The average molecular weight is 281 g/mol. The van der Waals surface area contributed by atoms with Gasteiger partial charge in [-0.1, -0.05) is 54.3 Å². The summed E-state index contributed by atoms with van der Waals surface area (Å²) in [6, 6.07) is 22.8. The number of para-hydroxylation sites is 1. The number of hydrogen-bond acceptors (Lipinski definition) is 1. The first kappa shape index (κ1) is 12.7. The molecule has 3 aromatic carbocycles. The molecule has 104 valence electrons. The zero-order valence-electron chi connectivity index (χ0n) is 12.1. The Morgan fingerprint density at radius 2 is 1.50 bits per heavy atom. The summed E-state index contributed by atoms with van der Waals surface area (Å²) in [5.41, 5.74) is 14.0. The summed E-state index contributed by atoms with van der Waals surface area (Å²) in [5, 5.41) is 0. The normalized spacial score (nSPS) is 11.3. The molecule has 0 fully saturated rings. The summed E-state index contributed by atoms with van der Waals surface area (Å²) in [6.07, 6.45) is 1.02. The van der Waals surface area contributed by atoms with Gasteiger partial charge < -0.3 is 5.73 Å². The molecule has 0 radical (unpaired) electrons. The van der Waals surface area contributed by atoms with Gasteiger partial charge in [0.15, 0.2) is 0 Å². The van der Waals surface area contributed by atoms with Crippen LogP contribution >= 0.6 is 0 Å². The molecule has 4 rings (SSSR count). The van der Waals surface area contributed by atoms with E-state index in [4.69, 9.17) is 5.73 Å². The molecular formula is C21H15N. The summed E-state index contributed by atoms with van der Waals surface area (Å²) in [5.74, 6) is 6.40. The monoisotopic (exact) mass is 281 g/mol. The van der Waals surface area contributed by atoms with E-state index in [1.807, 2.05) is 24.3 Å². The summed E-state index contributed by atoms with van der Waals surface area (Å²) >= 11 is 0. The number of nitrogen functional groups attached to an aromatic ring is 1. The Bertz CT molecular complexity index is 926. The van der Waals surface area contributed by atoms with Crippen molar-refractivity contribution in [3.8, 4) is 23.0 Å². The van der Waals surface area contributed by atoms with Crippen LogP contribution < -0.4 is 5.73 Å². The predicted octanol–water partition coefficient (Wildman–Crippen LogP) is 4.24. The zero-order chi connectivity index (χ0) is 14.9. The van der Waals surface area contributed by atoms with E-state index in [1.165, 1.54) is 22.3 Å². The van der Waals surface area contributed by atoms with Crippen LogP contribution in [-0.4, -0.2) is 0 Å². The minimum atomic E-state index is 0.724. The second kappa shape index (κ2) is 5.09. The Morgan fingerprint density at radius 1 is 0.727 bits per heavy atom. The zero-order valence-corrected chi connectivity index (χ0v) is 12.1. The van der Waals surface area contributed by atoms with Crippen LogP contribution in [0.5, 0.6) is 0 Å². The summed E-state index contributed by atoms with van der Waals surface area (Å²) in [6.45, 7) is 0. The van der Waals surface area contributed by atoms with Crippen molar-refractivity contribution in [1.29, 1.82) is 0 Å². The molecule has 0 aliphatic heterocycles. The molecule has 0 atom stereocenters. The Balaban J connectivity index is 1.74. The topological polar surface area (TPSA) is 26.0 Å². The molecule has 0 saturated carbocycles. The van der Waals surface area contributed by atoms with Crippen LogP contribution in [0.25, 0.3) is 11.1 Å². The Morgan fingerprint density at radius 3 is 2.41 bits per heavy atom. The van der Waals surface area contributed by atoms with E-state index in [0.717, 1.165) is 23.2 Å². The first-order chi connectivity index (χ1) is 10.8. The molecular weight excluding hydrogens is 266 g/mol. The van der Waals surface area contributed by atoms with E-state index in [1.54, 1.807) is 0 Å². The van der Waals surface area contributed by atoms with Crippen molar-refractivity contribution >= 4 is 5.69 Å². The largest absolute Gasteiger partial charge is 0.398 e. The summed E-state index contributed by atoms with van der Waals surface area (Å²) < 4.78 is 0. The molecule has 3 aromatic rings. The van der Waals surface area contributed by atoms with Crippen molar-refractivity contribution in [3.63, 3.8) is 0 Å². The maximum Gasteiger partial charge on any atom is 0.0478 e. The highest BCUT2D eigenvalue weighted by molar-refractivity contribution is 5.78. The van der Waals surface area contributed by atoms with Crippen LogP contribution in [0.2, 0.25) is 0 Å². The molecule has 22 heavy (non-hydrogen) atoms. The number of fused-ring (bicyclic) bond motifs is 3. The van der Waals surface area contributed by atoms with E-state index in [2.05, 4.69) is 54.3 Å². The molecule has 0 heterocycles. The standard InChI is InChI=1S/C21H15N/c22-21-8-4-2-5-16(21)11-9-15-10-12-18-14-17-6-1-3-7-19(17)20(18)13-15/h1-8,10,12-13H,14,22H2. The van der Waals surface area contributed by atoms with Crippen molar-refractivity contribution in [2.75, 3.05) is 5.73 Å². The molecule has 0 aromatic heterocycles. The van der Waals surface area contributed by atoms with Crippen LogP contribution in [0.15, 0.2) is 66.7 Å². The van der Waals surface area contributed by atoms with E-state index in [0.29, 0.717) is 0 Å². The quantitative estimate of drug-likeness (QED) is 0.378. The third kappa shape index (κ3) is 2.16. The molecule has 0 spiro atoms. The lowest BCUT2D eigenvalue weighted by Crippen LogP contribution is -1.88. The lowest BCUT2D eigenvalue weighted by atomic mass is 10.0. The van der Waals surface area contributed by atoms with Gasteiger partial charge in [-0.2, -0.15) is 0 Å². The van der Waals surface area contributed by atoms with Crippen molar-refractivity contribution < 1.29 is 0 Å². The predicted molar refractivity (Wildman–Crippen MR) is 91.5 cm³/mol. The molecule has 0 saturated heterocycles. The fourth-order valence-electron chi connectivity index (χ4n) is 2.95. The molecule has 1 aliphatic rings. The molecule has 1 heteroatoms. The van der Waals surface area contributed by atoms with Crippen LogP contribution in [0.4, 0.5) is 5.69 Å². The lowest BCUT2D eigenvalue weighted by Gasteiger charge is -2.01. The lowest BCUT2D eigenvalue weighted by molar-refractivity contribution is 1.26. The van der Waals surface area contributed by atoms with Gasteiger partial charge in [0, 0.05) is 16.8 Å². The summed E-state index contributed by atoms with van der Waals surface area (Å²) in [4.78, 5) is 0. The smallest absolute Gasteiger partial charge is 0.0478 e. The Labute approximate surface area is 130 Å². The van der Waals surface area contributed by atoms with Gasteiger partial charge in [-0.25, -0.2) is 0 Å². The van der Waals surface area contributed by atoms with Crippen molar-refractivity contribution in [3.05, 3.63) is 89.0 Å². The maximum atomic E-state index is 5.94. The highest BCUT2D eigenvalue weighted by Gasteiger charge is 2.17. The van der Waals surface area contributed by atoms with Gasteiger partial charge in [-0.15, -0.1) is 0 Å². The number of hydrogen-bond donors (Lipinski definition) is 1. The van der Waals surface area contributed by atoms with Gasteiger partial charge in [0.05, 0.1) is 0 Å². The van der Waals surface area contributed by atoms with Gasteiger partial charge in [-0.05, 0) is 52.9 Å². The third-order valence-corrected chi connectivity index (χ3v) is 4.10. The molecule has 0 bridgehead atoms. The number of anilines is 1. The van der Waals surface area contributed by atoms with Gasteiger partial charge in [0.2, 0.25) is 0 Å². The van der Waals surface area contributed by atoms with E-state index in [-0.39, 0.29) is 0 Å². The highest BCUT2D eigenvalue weighted by Crippen LogP contribution is 2.36. The maximum absolute atomic E-state index is 5.94. The minimum Gasteiger partial charge on any atom is -0.398 e. The van der Waals surface area contributed by atoms with Crippen molar-refractivity contribution in [2.24, 2.45) is 0 Å². The molecule has 0 amide bonds. The molecule has 0 unspecified atom stereocenters. The van der Waals surface area contributed by atoms with Crippen LogP contribution in [0.3, 0.4) is 0 Å². The number of benzene rings is 3. The second-order valence-corrected chi connectivity index (χ2v) is 5.54. The van der Waals surface area contributed by atoms with Gasteiger partial charge in [-0.3, -0.25) is 0 Å². The van der Waals surface area contributed by atoms with Gasteiger partial charge >= 0.3 is 0 Å². The van der Waals surface area contributed by atoms with Crippen molar-refractivity contribution in [1.82, 2.24) is 0 Å². The van der Waals surface area contributed by atoms with Gasteiger partial charge in [0.1, 0.15) is 0 Å². The van der Waals surface area contributed by atoms with Crippen LogP contribution in [-0.2, 0) is 6.42 Å². The Kier molecular flexibility index (Phi) is 2.95. The fraction of sp³-hybridized carbons (Fsp3) is 0.0476. The fourth-order valence-corrected chi connectivity index (χ4v) is 2.95. The van der Waals surface area contributed by atoms with Crippen LogP contribution in [0.1, 0.15) is 22.3 Å². The van der Waals surface area contributed by atoms with E-state index >= 15 is 0 Å². The van der Waals surface area contributed by atoms with E-state index < -0.39 is 0 Å². The number of rotatable bonds is 0. The summed E-state index contributed by atoms with van der Waals surface area (Å²) in [7, 11) is 0. The molecule has 2 N–H and O–H groups in total. The first-order valence-electron chi connectivity index (χ1n) is 7.39. The minimum absolute atomic E-state index is 0.724. The number of nitrogens with two attached hydrogens (primary N) is 1. The van der Waals surface area contributed by atoms with Crippen LogP contribution in [0, 0.1) is 11.8 Å².